The van der Waals surface area contributed by atoms with E-state index in [0.29, 0.717) is 38.5 Å². The zero-order chi connectivity index (χ0) is 21.5. The number of benzene rings is 2. The third-order valence-corrected chi connectivity index (χ3v) is 5.72. The van der Waals surface area contributed by atoms with E-state index in [2.05, 4.69) is 36.2 Å². The molecular weight excluding hydrogens is 376 g/mol. The second-order valence-electron chi connectivity index (χ2n) is 8.14. The van der Waals surface area contributed by atoms with Crippen molar-refractivity contribution < 1.29 is 14.3 Å². The van der Waals surface area contributed by atoms with Crippen LogP contribution in [0.4, 0.5) is 5.69 Å². The highest BCUT2D eigenvalue weighted by Gasteiger charge is 2.33. The average Bonchev–Trinajstić information content (AvgIpc) is 2.76. The molecule has 1 aliphatic rings. The summed E-state index contributed by atoms with van der Waals surface area (Å²) in [6, 6.07) is 17.5. The maximum Gasteiger partial charge on any atom is 0.309 e. The Kier molecular flexibility index (Phi) is 7.63. The molecule has 1 atom stereocenters. The first-order valence-electron chi connectivity index (χ1n) is 10.9. The van der Waals surface area contributed by atoms with Gasteiger partial charge in [0.1, 0.15) is 6.04 Å². The van der Waals surface area contributed by atoms with Gasteiger partial charge < -0.3 is 10.1 Å². The minimum absolute atomic E-state index is 0.0481. The summed E-state index contributed by atoms with van der Waals surface area (Å²) in [6.07, 6.45) is 1.41. The third-order valence-electron chi connectivity index (χ3n) is 5.72. The van der Waals surface area contributed by atoms with E-state index >= 15 is 0 Å². The fourth-order valence-electron chi connectivity index (χ4n) is 3.98. The average molecular weight is 409 g/mol. The van der Waals surface area contributed by atoms with Crippen LogP contribution >= 0.6 is 0 Å². The number of hydrogen-bond donors (Lipinski definition) is 1. The van der Waals surface area contributed by atoms with E-state index in [0.717, 1.165) is 11.3 Å². The van der Waals surface area contributed by atoms with Crippen LogP contribution in [-0.2, 0) is 14.3 Å². The van der Waals surface area contributed by atoms with Crippen molar-refractivity contribution in [3.8, 4) is 0 Å². The molecule has 1 fully saturated rings. The fourth-order valence-corrected chi connectivity index (χ4v) is 3.98. The Hall–Kier alpha value is -2.66. The van der Waals surface area contributed by atoms with Crippen molar-refractivity contribution in [2.45, 2.75) is 45.6 Å². The lowest BCUT2D eigenvalue weighted by atomic mass is 9.94. The number of amides is 1. The van der Waals surface area contributed by atoms with Crippen LogP contribution in [0.25, 0.3) is 0 Å². The summed E-state index contributed by atoms with van der Waals surface area (Å²) in [5, 5.41) is 3.09. The maximum atomic E-state index is 13.3. The lowest BCUT2D eigenvalue weighted by molar-refractivity contribution is -0.149. The van der Waals surface area contributed by atoms with E-state index in [1.165, 1.54) is 5.56 Å². The summed E-state index contributed by atoms with van der Waals surface area (Å²) in [5.74, 6) is 0.202. The summed E-state index contributed by atoms with van der Waals surface area (Å²) in [7, 11) is 0. The molecule has 0 bridgehead atoms. The van der Waals surface area contributed by atoms with Gasteiger partial charge in [-0.3, -0.25) is 14.5 Å². The van der Waals surface area contributed by atoms with E-state index in [9.17, 15) is 9.59 Å². The summed E-state index contributed by atoms with van der Waals surface area (Å²) in [5.41, 5.74) is 3.00. The molecule has 0 aliphatic carbocycles. The normalized spacial score (nSPS) is 16.3. The van der Waals surface area contributed by atoms with Crippen molar-refractivity contribution in [1.29, 1.82) is 0 Å². The molecule has 5 nitrogen and oxygen atoms in total. The van der Waals surface area contributed by atoms with Crippen LogP contribution in [0.15, 0.2) is 54.6 Å². The molecule has 0 unspecified atom stereocenters. The quantitative estimate of drug-likeness (QED) is 0.671. The Morgan fingerprint density at radius 2 is 1.63 bits per heavy atom. The summed E-state index contributed by atoms with van der Waals surface area (Å²) < 4.78 is 5.18. The van der Waals surface area contributed by atoms with Gasteiger partial charge in [-0.1, -0.05) is 56.3 Å². The summed E-state index contributed by atoms with van der Waals surface area (Å²) in [4.78, 5) is 27.5. The van der Waals surface area contributed by atoms with Crippen LogP contribution in [0.5, 0.6) is 0 Å². The smallest absolute Gasteiger partial charge is 0.309 e. The van der Waals surface area contributed by atoms with Crippen molar-refractivity contribution in [2.24, 2.45) is 5.92 Å². The van der Waals surface area contributed by atoms with E-state index < -0.39 is 0 Å². The number of piperidine rings is 1. The number of nitrogens with zero attached hydrogens (tertiary/aromatic N) is 1. The van der Waals surface area contributed by atoms with Crippen molar-refractivity contribution in [3.05, 3.63) is 65.7 Å². The van der Waals surface area contributed by atoms with Crippen LogP contribution in [0, 0.1) is 5.92 Å². The molecule has 1 amide bonds. The molecule has 0 radical (unpaired) electrons. The first-order chi connectivity index (χ1) is 14.5. The molecule has 0 spiro atoms. The van der Waals surface area contributed by atoms with Gasteiger partial charge in [0.05, 0.1) is 12.5 Å². The van der Waals surface area contributed by atoms with Crippen molar-refractivity contribution in [1.82, 2.24) is 4.90 Å². The molecule has 0 aromatic heterocycles. The lowest BCUT2D eigenvalue weighted by Crippen LogP contribution is -2.43. The first kappa shape index (κ1) is 22.0. The second-order valence-corrected chi connectivity index (χ2v) is 8.14. The van der Waals surface area contributed by atoms with Gasteiger partial charge in [-0.15, -0.1) is 0 Å². The fraction of sp³-hybridized carbons (Fsp3) is 0.440. The van der Waals surface area contributed by atoms with E-state index in [1.54, 1.807) is 0 Å². The molecule has 1 saturated heterocycles. The number of hydrogen-bond acceptors (Lipinski definition) is 4. The third kappa shape index (κ3) is 5.48. The minimum atomic E-state index is -0.390. The molecule has 1 heterocycles. The maximum absolute atomic E-state index is 13.3. The van der Waals surface area contributed by atoms with Gasteiger partial charge >= 0.3 is 5.97 Å². The van der Waals surface area contributed by atoms with Crippen LogP contribution in [-0.4, -0.2) is 36.5 Å². The Morgan fingerprint density at radius 1 is 1.00 bits per heavy atom. The molecule has 1 N–H and O–H groups in total. The monoisotopic (exact) mass is 408 g/mol. The van der Waals surface area contributed by atoms with Gasteiger partial charge in [-0.05, 0) is 48.9 Å². The Morgan fingerprint density at radius 3 is 2.20 bits per heavy atom. The van der Waals surface area contributed by atoms with Crippen molar-refractivity contribution in [3.63, 3.8) is 0 Å². The number of esters is 1. The molecule has 30 heavy (non-hydrogen) atoms. The van der Waals surface area contributed by atoms with Gasteiger partial charge in [0.15, 0.2) is 0 Å². The molecule has 2 aromatic rings. The van der Waals surface area contributed by atoms with Gasteiger partial charge in [0.25, 0.3) is 0 Å². The number of carbonyl (C=O) groups excluding carboxylic acids is 2. The molecule has 2 aromatic carbocycles. The molecular formula is C25H32N2O3. The van der Waals surface area contributed by atoms with Gasteiger partial charge in [-0.25, -0.2) is 0 Å². The standard InChI is InChI=1S/C25H32N2O3/c1-4-30-25(29)21-14-16-27(17-15-21)23(20-8-6-5-7-9-20)24(28)26-22-12-10-19(11-13-22)18(2)3/h5-13,18,21,23H,4,14-17H2,1-3H3,(H,26,28)/t23-/m0/s1. The highest BCUT2D eigenvalue weighted by molar-refractivity contribution is 5.95. The predicted octanol–water partition coefficient (Wildman–Crippen LogP) is 4.76. The van der Waals surface area contributed by atoms with Gasteiger partial charge in [0.2, 0.25) is 5.91 Å². The van der Waals surface area contributed by atoms with Crippen molar-refractivity contribution >= 4 is 17.6 Å². The SMILES string of the molecule is CCOC(=O)C1CCN([C@H](C(=O)Nc2ccc(C(C)C)cc2)c2ccccc2)CC1. The number of nitrogens with one attached hydrogen (secondary N) is 1. The Bertz CT molecular complexity index is 825. The van der Waals surface area contributed by atoms with Crippen LogP contribution in [0.1, 0.15) is 56.7 Å². The summed E-state index contributed by atoms with van der Waals surface area (Å²) in [6.45, 7) is 7.91. The minimum Gasteiger partial charge on any atom is -0.466 e. The van der Waals surface area contributed by atoms with E-state index in [-0.39, 0.29) is 23.8 Å². The Balaban J connectivity index is 1.73. The zero-order valence-electron chi connectivity index (χ0n) is 18.1. The van der Waals surface area contributed by atoms with E-state index in [4.69, 9.17) is 4.74 Å². The number of ether oxygens (including phenoxy) is 1. The number of anilines is 1. The van der Waals surface area contributed by atoms with Crippen LogP contribution < -0.4 is 5.32 Å². The number of rotatable bonds is 7. The molecule has 1 aliphatic heterocycles. The highest BCUT2D eigenvalue weighted by atomic mass is 16.5. The number of likely N-dealkylation sites (tertiary alicyclic amines) is 1. The highest BCUT2D eigenvalue weighted by Crippen LogP contribution is 2.29. The molecule has 5 heteroatoms. The lowest BCUT2D eigenvalue weighted by Gasteiger charge is -2.36. The second kappa shape index (κ2) is 10.4. The largest absolute Gasteiger partial charge is 0.466 e. The van der Waals surface area contributed by atoms with Crippen molar-refractivity contribution in [2.75, 3.05) is 25.0 Å². The van der Waals surface area contributed by atoms with Crippen LogP contribution in [0.3, 0.4) is 0 Å². The molecule has 160 valence electrons. The summed E-state index contributed by atoms with van der Waals surface area (Å²) >= 11 is 0. The number of carbonyl (C=O) groups is 2. The first-order valence-corrected chi connectivity index (χ1v) is 10.9. The van der Waals surface area contributed by atoms with Crippen LogP contribution in [0.2, 0.25) is 0 Å². The predicted molar refractivity (Wildman–Crippen MR) is 119 cm³/mol. The zero-order valence-corrected chi connectivity index (χ0v) is 18.1. The topological polar surface area (TPSA) is 58.6 Å². The van der Waals surface area contributed by atoms with Gasteiger partial charge in [0, 0.05) is 18.8 Å². The van der Waals surface area contributed by atoms with Gasteiger partial charge in [-0.2, -0.15) is 0 Å². The Labute approximate surface area is 179 Å². The van der Waals surface area contributed by atoms with E-state index in [1.807, 2.05) is 49.4 Å². The molecule has 3 rings (SSSR count). The molecule has 0 saturated carbocycles.